The van der Waals surface area contributed by atoms with E-state index in [1.54, 1.807) is 0 Å². The first-order valence-electron chi connectivity index (χ1n) is 6.50. The summed E-state index contributed by atoms with van der Waals surface area (Å²) in [7, 11) is 1.98. The molecular formula is C15H19N3. The fourth-order valence-electron chi connectivity index (χ4n) is 3.19. The van der Waals surface area contributed by atoms with Crippen LogP contribution in [-0.2, 0) is 13.5 Å². The zero-order valence-electron chi connectivity index (χ0n) is 10.9. The molecule has 0 saturated heterocycles. The lowest BCUT2D eigenvalue weighted by Gasteiger charge is -2.21. The Bertz CT molecular complexity index is 551. The molecule has 1 aromatic heterocycles. The SMILES string of the molecule is Cc1cnn(C)c1C(N)C1CCc2ccccc21. The Labute approximate surface area is 108 Å². The molecule has 2 N–H and O–H groups in total. The maximum absolute atomic E-state index is 6.50. The van der Waals surface area contributed by atoms with Crippen LogP contribution in [0.15, 0.2) is 30.5 Å². The van der Waals surface area contributed by atoms with Gasteiger partial charge in [0.15, 0.2) is 0 Å². The standard InChI is InChI=1S/C15H19N3/c1-10-9-17-18(2)15(10)14(16)13-8-7-11-5-3-4-6-12(11)13/h3-6,9,13-14H,7-8,16H2,1-2H3. The van der Waals surface area contributed by atoms with Gasteiger partial charge < -0.3 is 5.73 Å². The Morgan fingerprint density at radius 1 is 1.39 bits per heavy atom. The van der Waals surface area contributed by atoms with Gasteiger partial charge in [-0.25, -0.2) is 0 Å². The molecule has 0 radical (unpaired) electrons. The van der Waals surface area contributed by atoms with Gasteiger partial charge in [0.1, 0.15) is 0 Å². The van der Waals surface area contributed by atoms with Gasteiger partial charge >= 0.3 is 0 Å². The maximum atomic E-state index is 6.50. The van der Waals surface area contributed by atoms with E-state index in [2.05, 4.69) is 36.3 Å². The summed E-state index contributed by atoms with van der Waals surface area (Å²) in [4.78, 5) is 0. The third kappa shape index (κ3) is 1.66. The Morgan fingerprint density at radius 2 is 2.17 bits per heavy atom. The van der Waals surface area contributed by atoms with Crippen molar-refractivity contribution in [1.82, 2.24) is 9.78 Å². The predicted molar refractivity (Wildman–Crippen MR) is 72.4 cm³/mol. The number of rotatable bonds is 2. The van der Waals surface area contributed by atoms with Crippen LogP contribution in [0.1, 0.15) is 40.8 Å². The Kier molecular flexibility index (Phi) is 2.71. The second-order valence-electron chi connectivity index (χ2n) is 5.21. The van der Waals surface area contributed by atoms with E-state index < -0.39 is 0 Å². The highest BCUT2D eigenvalue weighted by Crippen LogP contribution is 2.40. The predicted octanol–water partition coefficient (Wildman–Crippen LogP) is 2.46. The molecule has 1 aromatic carbocycles. The molecule has 0 fully saturated rings. The number of benzene rings is 1. The molecule has 94 valence electrons. The average Bonchev–Trinajstić information content (AvgIpc) is 2.93. The van der Waals surface area contributed by atoms with Gasteiger partial charge in [-0.2, -0.15) is 5.10 Å². The van der Waals surface area contributed by atoms with Crippen molar-refractivity contribution in [3.05, 3.63) is 52.8 Å². The second kappa shape index (κ2) is 4.25. The van der Waals surface area contributed by atoms with Crippen molar-refractivity contribution in [1.29, 1.82) is 0 Å². The quantitative estimate of drug-likeness (QED) is 0.877. The minimum atomic E-state index is 0.0427. The van der Waals surface area contributed by atoms with Crippen LogP contribution in [0.5, 0.6) is 0 Å². The first kappa shape index (κ1) is 11.5. The molecule has 0 aliphatic heterocycles. The van der Waals surface area contributed by atoms with Crippen LogP contribution in [0, 0.1) is 6.92 Å². The minimum absolute atomic E-state index is 0.0427. The van der Waals surface area contributed by atoms with E-state index in [1.165, 1.54) is 16.7 Å². The van der Waals surface area contributed by atoms with Gasteiger partial charge in [-0.05, 0) is 36.5 Å². The van der Waals surface area contributed by atoms with E-state index in [-0.39, 0.29) is 6.04 Å². The van der Waals surface area contributed by atoms with Gasteiger partial charge in [0.2, 0.25) is 0 Å². The van der Waals surface area contributed by atoms with Crippen molar-refractivity contribution >= 4 is 0 Å². The van der Waals surface area contributed by atoms with Gasteiger partial charge in [-0.15, -0.1) is 0 Å². The van der Waals surface area contributed by atoms with Crippen LogP contribution in [0.3, 0.4) is 0 Å². The van der Waals surface area contributed by atoms with Gasteiger partial charge in [-0.1, -0.05) is 24.3 Å². The summed E-state index contributed by atoms with van der Waals surface area (Å²) in [5.41, 5.74) is 11.7. The minimum Gasteiger partial charge on any atom is -0.322 e. The molecule has 3 heteroatoms. The molecular weight excluding hydrogens is 222 g/mol. The number of nitrogens with zero attached hydrogens (tertiary/aromatic N) is 2. The molecule has 3 rings (SSSR count). The Hall–Kier alpha value is -1.61. The second-order valence-corrected chi connectivity index (χ2v) is 5.21. The topological polar surface area (TPSA) is 43.8 Å². The molecule has 0 amide bonds. The van der Waals surface area contributed by atoms with Crippen molar-refractivity contribution in [3.8, 4) is 0 Å². The van der Waals surface area contributed by atoms with Gasteiger partial charge in [-0.3, -0.25) is 4.68 Å². The fourth-order valence-corrected chi connectivity index (χ4v) is 3.19. The van der Waals surface area contributed by atoms with E-state index in [0.29, 0.717) is 5.92 Å². The van der Waals surface area contributed by atoms with Crippen molar-refractivity contribution in [2.24, 2.45) is 12.8 Å². The van der Waals surface area contributed by atoms with Crippen LogP contribution in [0.25, 0.3) is 0 Å². The largest absolute Gasteiger partial charge is 0.322 e. The number of hydrogen-bond donors (Lipinski definition) is 1. The number of hydrogen-bond acceptors (Lipinski definition) is 2. The zero-order valence-corrected chi connectivity index (χ0v) is 10.9. The smallest absolute Gasteiger partial charge is 0.0583 e. The molecule has 2 atom stereocenters. The molecule has 18 heavy (non-hydrogen) atoms. The number of nitrogens with two attached hydrogens (primary N) is 1. The molecule has 1 aliphatic rings. The summed E-state index contributed by atoms with van der Waals surface area (Å²) in [5.74, 6) is 0.426. The molecule has 1 heterocycles. The maximum Gasteiger partial charge on any atom is 0.0583 e. The first-order valence-corrected chi connectivity index (χ1v) is 6.50. The van der Waals surface area contributed by atoms with E-state index in [0.717, 1.165) is 18.5 Å². The highest BCUT2D eigenvalue weighted by molar-refractivity contribution is 5.38. The lowest BCUT2D eigenvalue weighted by atomic mass is 9.90. The molecule has 0 bridgehead atoms. The van der Waals surface area contributed by atoms with E-state index in [1.807, 2.05) is 17.9 Å². The van der Waals surface area contributed by atoms with Crippen molar-refractivity contribution in [3.63, 3.8) is 0 Å². The Balaban J connectivity index is 1.98. The third-order valence-electron chi connectivity index (χ3n) is 4.11. The summed E-state index contributed by atoms with van der Waals surface area (Å²) < 4.78 is 1.92. The highest BCUT2D eigenvalue weighted by atomic mass is 15.3. The number of aromatic nitrogens is 2. The van der Waals surface area contributed by atoms with Gasteiger partial charge in [0.25, 0.3) is 0 Å². The summed E-state index contributed by atoms with van der Waals surface area (Å²) in [6.45, 7) is 2.09. The summed E-state index contributed by atoms with van der Waals surface area (Å²) in [6.07, 6.45) is 4.19. The van der Waals surface area contributed by atoms with Crippen LogP contribution in [0.4, 0.5) is 0 Å². The lowest BCUT2D eigenvalue weighted by molar-refractivity contribution is 0.510. The molecule has 1 aliphatic carbocycles. The Morgan fingerprint density at radius 3 is 2.89 bits per heavy atom. The van der Waals surface area contributed by atoms with Crippen LogP contribution < -0.4 is 5.73 Å². The van der Waals surface area contributed by atoms with Crippen LogP contribution in [-0.4, -0.2) is 9.78 Å². The average molecular weight is 241 g/mol. The van der Waals surface area contributed by atoms with Gasteiger partial charge in [0, 0.05) is 13.0 Å². The zero-order chi connectivity index (χ0) is 12.7. The molecule has 2 unspecified atom stereocenters. The highest BCUT2D eigenvalue weighted by Gasteiger charge is 2.30. The van der Waals surface area contributed by atoms with Crippen LogP contribution in [0.2, 0.25) is 0 Å². The normalized spacial score (nSPS) is 19.8. The molecule has 0 saturated carbocycles. The monoisotopic (exact) mass is 241 g/mol. The van der Waals surface area contributed by atoms with Gasteiger partial charge in [0.05, 0.1) is 17.9 Å². The van der Waals surface area contributed by atoms with Crippen molar-refractivity contribution in [2.75, 3.05) is 0 Å². The molecule has 3 nitrogen and oxygen atoms in total. The molecule has 0 spiro atoms. The summed E-state index contributed by atoms with van der Waals surface area (Å²) >= 11 is 0. The van der Waals surface area contributed by atoms with Crippen molar-refractivity contribution in [2.45, 2.75) is 31.7 Å². The fraction of sp³-hybridized carbons (Fsp3) is 0.400. The first-order chi connectivity index (χ1) is 8.68. The molecule has 2 aromatic rings. The van der Waals surface area contributed by atoms with Crippen LogP contribution >= 0.6 is 0 Å². The third-order valence-corrected chi connectivity index (χ3v) is 4.11. The number of fused-ring (bicyclic) bond motifs is 1. The lowest BCUT2D eigenvalue weighted by Crippen LogP contribution is -2.22. The van der Waals surface area contributed by atoms with E-state index in [9.17, 15) is 0 Å². The van der Waals surface area contributed by atoms with E-state index in [4.69, 9.17) is 5.73 Å². The summed E-state index contributed by atoms with van der Waals surface area (Å²) in [5, 5.41) is 4.30. The van der Waals surface area contributed by atoms with E-state index >= 15 is 0 Å². The summed E-state index contributed by atoms with van der Waals surface area (Å²) in [6, 6.07) is 8.71. The van der Waals surface area contributed by atoms with Crippen molar-refractivity contribution < 1.29 is 0 Å². The number of aryl methyl sites for hydroxylation is 3.